The molecule has 50 valence electrons. The minimum atomic E-state index is -0.286. The summed E-state index contributed by atoms with van der Waals surface area (Å²) in [6.07, 6.45) is 1.58. The summed E-state index contributed by atoms with van der Waals surface area (Å²) >= 11 is 1.56. The van der Waals surface area contributed by atoms with Crippen LogP contribution in [0.3, 0.4) is 0 Å². The van der Waals surface area contributed by atoms with E-state index >= 15 is 0 Å². The van der Waals surface area contributed by atoms with Gasteiger partial charge >= 0.3 is 5.69 Å². The molecule has 0 unspecified atom stereocenters. The van der Waals surface area contributed by atoms with Crippen molar-refractivity contribution in [2.75, 3.05) is 0 Å². The van der Waals surface area contributed by atoms with Crippen LogP contribution in [0, 0.1) is 0 Å². The highest BCUT2D eigenvalue weighted by atomic mass is 32.1. The van der Waals surface area contributed by atoms with E-state index in [1.54, 1.807) is 17.5 Å². The molecule has 0 aromatic carbocycles. The molecule has 0 atom stereocenters. The number of hydrogen-bond donors (Lipinski definition) is 1. The normalized spacial score (nSPS) is 10.4. The number of H-pyrrole nitrogens is 1. The second kappa shape index (κ2) is 1.91. The Labute approximate surface area is 60.4 Å². The Balaban J connectivity index is 2.99. The fraction of sp³-hybridized carbons (Fsp3) is 0. The molecule has 0 bridgehead atoms. The Kier molecular flexibility index (Phi) is 1.07. The van der Waals surface area contributed by atoms with Crippen LogP contribution < -0.4 is 5.69 Å². The van der Waals surface area contributed by atoms with Gasteiger partial charge in [0.1, 0.15) is 0 Å². The van der Waals surface area contributed by atoms with Crippen molar-refractivity contribution < 1.29 is 0 Å². The average molecular weight is 152 g/mol. The van der Waals surface area contributed by atoms with Gasteiger partial charge in [0, 0.05) is 0 Å². The molecule has 0 saturated heterocycles. The molecule has 1 N–H and O–H groups in total. The first-order valence-corrected chi connectivity index (χ1v) is 3.67. The monoisotopic (exact) mass is 152 g/mol. The van der Waals surface area contributed by atoms with E-state index < -0.39 is 0 Å². The molecule has 4 heteroatoms. The Bertz CT molecular complexity index is 403. The summed E-state index contributed by atoms with van der Waals surface area (Å²) in [6.45, 7) is 0. The van der Waals surface area contributed by atoms with E-state index in [1.165, 1.54) is 0 Å². The van der Waals surface area contributed by atoms with Crippen LogP contribution in [-0.4, -0.2) is 9.97 Å². The molecular weight excluding hydrogens is 148 g/mol. The summed E-state index contributed by atoms with van der Waals surface area (Å²) in [6, 6.07) is 1.86. The number of fused-ring (bicyclic) bond motifs is 1. The molecule has 0 amide bonds. The lowest BCUT2D eigenvalue weighted by atomic mass is 10.5. The fourth-order valence-electron chi connectivity index (χ4n) is 0.789. The first kappa shape index (κ1) is 5.61. The van der Waals surface area contributed by atoms with Crippen molar-refractivity contribution in [3.63, 3.8) is 0 Å². The van der Waals surface area contributed by atoms with Crippen molar-refractivity contribution >= 4 is 21.6 Å². The van der Waals surface area contributed by atoms with Gasteiger partial charge in [-0.1, -0.05) is 0 Å². The van der Waals surface area contributed by atoms with Gasteiger partial charge in [0.05, 0.1) is 16.4 Å². The van der Waals surface area contributed by atoms with E-state index in [1.807, 2.05) is 11.4 Å². The van der Waals surface area contributed by atoms with Gasteiger partial charge in [-0.3, -0.25) is 0 Å². The van der Waals surface area contributed by atoms with Gasteiger partial charge in [-0.15, -0.1) is 11.3 Å². The molecule has 0 fully saturated rings. The molecule has 2 aromatic heterocycles. The van der Waals surface area contributed by atoms with Crippen LogP contribution in [0.1, 0.15) is 0 Å². The molecule has 0 aliphatic heterocycles. The van der Waals surface area contributed by atoms with Crippen molar-refractivity contribution in [2.24, 2.45) is 0 Å². The highest BCUT2D eigenvalue weighted by Crippen LogP contribution is 2.14. The molecule has 10 heavy (non-hydrogen) atoms. The number of rotatable bonds is 0. The SMILES string of the molecule is O=c1ncc2sccc2[nH]1. The zero-order valence-corrected chi connectivity index (χ0v) is 5.81. The molecule has 0 aliphatic rings. The maximum atomic E-state index is 10.6. The fourth-order valence-corrected chi connectivity index (χ4v) is 1.50. The lowest BCUT2D eigenvalue weighted by Crippen LogP contribution is -2.07. The molecule has 0 spiro atoms. The second-order valence-corrected chi connectivity index (χ2v) is 2.83. The molecular formula is C6H4N2OS. The molecule has 0 saturated carbocycles. The highest BCUT2D eigenvalue weighted by molar-refractivity contribution is 7.17. The first-order chi connectivity index (χ1) is 4.86. The van der Waals surface area contributed by atoms with E-state index in [0.29, 0.717) is 0 Å². The van der Waals surface area contributed by atoms with E-state index in [-0.39, 0.29) is 5.69 Å². The molecule has 3 nitrogen and oxygen atoms in total. The second-order valence-electron chi connectivity index (χ2n) is 1.89. The highest BCUT2D eigenvalue weighted by Gasteiger charge is 1.92. The zero-order valence-electron chi connectivity index (χ0n) is 5.00. The molecule has 2 aromatic rings. The van der Waals surface area contributed by atoms with Gasteiger partial charge < -0.3 is 4.98 Å². The summed E-state index contributed by atoms with van der Waals surface area (Å²) in [7, 11) is 0. The largest absolute Gasteiger partial charge is 0.345 e. The van der Waals surface area contributed by atoms with Crippen molar-refractivity contribution in [3.05, 3.63) is 28.1 Å². The summed E-state index contributed by atoms with van der Waals surface area (Å²) < 4.78 is 1.01. The van der Waals surface area contributed by atoms with Gasteiger partial charge in [0.15, 0.2) is 0 Å². The average Bonchev–Trinajstić information content (AvgIpc) is 2.33. The van der Waals surface area contributed by atoms with Gasteiger partial charge in [-0.2, -0.15) is 0 Å². The summed E-state index contributed by atoms with van der Waals surface area (Å²) in [5, 5.41) is 1.92. The van der Waals surface area contributed by atoms with Gasteiger partial charge in [-0.05, 0) is 11.4 Å². The summed E-state index contributed by atoms with van der Waals surface area (Å²) in [5.41, 5.74) is 0.580. The molecule has 2 heterocycles. The number of nitrogens with zero attached hydrogens (tertiary/aromatic N) is 1. The topological polar surface area (TPSA) is 45.8 Å². The van der Waals surface area contributed by atoms with E-state index in [2.05, 4.69) is 9.97 Å². The van der Waals surface area contributed by atoms with Crippen LogP contribution in [0.4, 0.5) is 0 Å². The number of aromatic nitrogens is 2. The smallest absolute Gasteiger partial charge is 0.305 e. The predicted octanol–water partition coefficient (Wildman–Crippen LogP) is 0.985. The predicted molar refractivity (Wildman–Crippen MR) is 40.2 cm³/mol. The van der Waals surface area contributed by atoms with E-state index in [0.717, 1.165) is 10.2 Å². The van der Waals surface area contributed by atoms with Crippen molar-refractivity contribution in [1.82, 2.24) is 9.97 Å². The number of nitrogens with one attached hydrogen (secondary N) is 1. The minimum absolute atomic E-state index is 0.286. The van der Waals surface area contributed by atoms with Crippen LogP contribution in [-0.2, 0) is 0 Å². The summed E-state index contributed by atoms with van der Waals surface area (Å²) in [5.74, 6) is 0. The van der Waals surface area contributed by atoms with Crippen molar-refractivity contribution in [1.29, 1.82) is 0 Å². The van der Waals surface area contributed by atoms with E-state index in [4.69, 9.17) is 0 Å². The first-order valence-electron chi connectivity index (χ1n) is 2.79. The maximum absolute atomic E-state index is 10.6. The van der Waals surface area contributed by atoms with Gasteiger partial charge in [0.2, 0.25) is 0 Å². The van der Waals surface area contributed by atoms with Crippen LogP contribution in [0.25, 0.3) is 10.2 Å². The third kappa shape index (κ3) is 0.733. The van der Waals surface area contributed by atoms with Crippen molar-refractivity contribution in [3.8, 4) is 0 Å². The Hall–Kier alpha value is -1.16. The lowest BCUT2D eigenvalue weighted by molar-refractivity contribution is 1.13. The standard InChI is InChI=1S/C6H4N2OS/c9-6-7-3-5-4(8-6)1-2-10-5/h1-3H,(H,7,8,9). The zero-order chi connectivity index (χ0) is 6.97. The molecule has 2 rings (SSSR count). The lowest BCUT2D eigenvalue weighted by Gasteiger charge is -1.83. The van der Waals surface area contributed by atoms with Gasteiger partial charge in [-0.25, -0.2) is 9.78 Å². The number of thiophene rings is 1. The van der Waals surface area contributed by atoms with Crippen LogP contribution >= 0.6 is 11.3 Å². The third-order valence-electron chi connectivity index (χ3n) is 1.24. The Morgan fingerprint density at radius 2 is 2.50 bits per heavy atom. The molecule has 0 aliphatic carbocycles. The Morgan fingerprint density at radius 3 is 3.40 bits per heavy atom. The van der Waals surface area contributed by atoms with Gasteiger partial charge in [0.25, 0.3) is 0 Å². The Morgan fingerprint density at radius 1 is 1.60 bits per heavy atom. The number of hydrogen-bond acceptors (Lipinski definition) is 3. The van der Waals surface area contributed by atoms with Crippen LogP contribution in [0.5, 0.6) is 0 Å². The van der Waals surface area contributed by atoms with Crippen molar-refractivity contribution in [2.45, 2.75) is 0 Å². The minimum Gasteiger partial charge on any atom is -0.305 e. The maximum Gasteiger partial charge on any atom is 0.345 e. The quantitative estimate of drug-likeness (QED) is 0.611. The third-order valence-corrected chi connectivity index (χ3v) is 2.09. The number of aromatic amines is 1. The summed E-state index contributed by atoms with van der Waals surface area (Å²) in [4.78, 5) is 16.8. The van der Waals surface area contributed by atoms with E-state index in [9.17, 15) is 4.79 Å². The molecule has 0 radical (unpaired) electrons. The van der Waals surface area contributed by atoms with Crippen LogP contribution in [0.15, 0.2) is 22.4 Å². The van der Waals surface area contributed by atoms with Crippen LogP contribution in [0.2, 0.25) is 0 Å².